The van der Waals surface area contributed by atoms with Crippen LogP contribution in [-0.4, -0.2) is 41.8 Å². The van der Waals surface area contributed by atoms with Gasteiger partial charge in [0.2, 0.25) is 10.0 Å². The minimum Gasteiger partial charge on any atom is -0.276 e. The molecular weight excluding hydrogens is 226 g/mol. The maximum atomic E-state index is 11.5. The van der Waals surface area contributed by atoms with Gasteiger partial charge in [-0.2, -0.15) is 5.10 Å². The van der Waals surface area contributed by atoms with E-state index in [-0.39, 0.29) is 5.92 Å². The smallest absolute Gasteiger partial charge is 0.211 e. The van der Waals surface area contributed by atoms with Crippen molar-refractivity contribution in [1.82, 2.24) is 14.1 Å². The Kier molecular flexibility index (Phi) is 3.03. The minimum atomic E-state index is -3.06. The normalized spacial score (nSPS) is 23.5. The molecule has 90 valence electrons. The lowest BCUT2D eigenvalue weighted by molar-refractivity contribution is 0.313. The van der Waals surface area contributed by atoms with Crippen molar-refractivity contribution in [3.05, 3.63) is 18.0 Å². The third-order valence-electron chi connectivity index (χ3n) is 3.01. The van der Waals surface area contributed by atoms with Crippen molar-refractivity contribution in [2.24, 2.45) is 7.05 Å². The van der Waals surface area contributed by atoms with Gasteiger partial charge in [-0.1, -0.05) is 0 Å². The highest BCUT2D eigenvalue weighted by molar-refractivity contribution is 7.88. The molecule has 0 N–H and O–H groups in total. The number of piperidine rings is 1. The van der Waals surface area contributed by atoms with E-state index in [9.17, 15) is 8.42 Å². The molecule has 1 saturated heterocycles. The molecule has 2 heterocycles. The summed E-state index contributed by atoms with van der Waals surface area (Å²) in [6, 6.07) is 1.97. The Morgan fingerprint density at radius 3 is 2.81 bits per heavy atom. The highest BCUT2D eigenvalue weighted by Gasteiger charge is 2.27. The van der Waals surface area contributed by atoms with Gasteiger partial charge in [0.25, 0.3) is 0 Å². The number of rotatable bonds is 2. The summed E-state index contributed by atoms with van der Waals surface area (Å²) in [5.41, 5.74) is 0.996. The van der Waals surface area contributed by atoms with Crippen LogP contribution in [0.25, 0.3) is 0 Å². The molecule has 16 heavy (non-hydrogen) atoms. The molecular formula is C10H17N3O2S. The van der Waals surface area contributed by atoms with Crippen molar-refractivity contribution >= 4 is 10.0 Å². The van der Waals surface area contributed by atoms with Gasteiger partial charge in [0.1, 0.15) is 0 Å². The second-order valence-electron chi connectivity index (χ2n) is 4.37. The highest BCUT2D eigenvalue weighted by atomic mass is 32.2. The van der Waals surface area contributed by atoms with Crippen LogP contribution >= 0.6 is 0 Å². The summed E-state index contributed by atoms with van der Waals surface area (Å²) in [7, 11) is -1.19. The molecule has 0 aliphatic carbocycles. The molecule has 0 radical (unpaired) electrons. The van der Waals surface area contributed by atoms with E-state index in [0.717, 1.165) is 18.5 Å². The monoisotopic (exact) mass is 243 g/mol. The zero-order valence-electron chi connectivity index (χ0n) is 9.63. The van der Waals surface area contributed by atoms with Gasteiger partial charge in [0, 0.05) is 32.3 Å². The Balaban J connectivity index is 2.13. The number of aromatic nitrogens is 2. The van der Waals surface area contributed by atoms with Crippen molar-refractivity contribution in [2.45, 2.75) is 18.8 Å². The molecule has 0 aromatic carbocycles. The number of hydrogen-bond acceptors (Lipinski definition) is 3. The van der Waals surface area contributed by atoms with Crippen LogP contribution in [0.5, 0.6) is 0 Å². The fraction of sp³-hybridized carbons (Fsp3) is 0.700. The zero-order chi connectivity index (χ0) is 11.8. The predicted octanol–water partition coefficient (Wildman–Crippen LogP) is 0.559. The second kappa shape index (κ2) is 4.18. The third-order valence-corrected chi connectivity index (χ3v) is 4.28. The van der Waals surface area contributed by atoms with Crippen molar-refractivity contribution in [3.63, 3.8) is 0 Å². The Morgan fingerprint density at radius 1 is 1.50 bits per heavy atom. The van der Waals surface area contributed by atoms with Gasteiger partial charge in [-0.3, -0.25) is 4.68 Å². The van der Waals surface area contributed by atoms with Gasteiger partial charge < -0.3 is 0 Å². The summed E-state index contributed by atoms with van der Waals surface area (Å²) in [5, 5.41) is 4.35. The molecule has 1 aliphatic rings. The van der Waals surface area contributed by atoms with E-state index in [1.165, 1.54) is 6.26 Å². The zero-order valence-corrected chi connectivity index (χ0v) is 10.4. The van der Waals surface area contributed by atoms with Gasteiger partial charge in [-0.15, -0.1) is 0 Å². The summed E-state index contributed by atoms with van der Waals surface area (Å²) in [4.78, 5) is 0. The van der Waals surface area contributed by atoms with Crippen LogP contribution < -0.4 is 0 Å². The van der Waals surface area contributed by atoms with Gasteiger partial charge in [-0.25, -0.2) is 12.7 Å². The lowest BCUT2D eigenvalue weighted by atomic mass is 9.96. The lowest BCUT2D eigenvalue weighted by Crippen LogP contribution is -2.38. The predicted molar refractivity (Wildman–Crippen MR) is 61.6 cm³/mol. The van der Waals surface area contributed by atoms with Crippen LogP contribution in [0.2, 0.25) is 0 Å². The molecule has 1 fully saturated rings. The second-order valence-corrected chi connectivity index (χ2v) is 6.36. The van der Waals surface area contributed by atoms with E-state index >= 15 is 0 Å². The molecule has 0 bridgehead atoms. The van der Waals surface area contributed by atoms with Gasteiger partial charge in [0.05, 0.1) is 11.9 Å². The largest absolute Gasteiger partial charge is 0.276 e. The Morgan fingerprint density at radius 2 is 2.25 bits per heavy atom. The molecule has 0 amide bonds. The van der Waals surface area contributed by atoms with Gasteiger partial charge in [-0.05, 0) is 18.9 Å². The van der Waals surface area contributed by atoms with Crippen LogP contribution in [-0.2, 0) is 17.1 Å². The van der Waals surface area contributed by atoms with E-state index in [0.29, 0.717) is 13.1 Å². The number of nitrogens with zero attached hydrogens (tertiary/aromatic N) is 3. The fourth-order valence-corrected chi connectivity index (χ4v) is 3.05. The van der Waals surface area contributed by atoms with Crippen molar-refractivity contribution < 1.29 is 8.42 Å². The topological polar surface area (TPSA) is 55.2 Å². The quantitative estimate of drug-likeness (QED) is 0.762. The summed E-state index contributed by atoms with van der Waals surface area (Å²) < 4.78 is 26.2. The fourth-order valence-electron chi connectivity index (χ4n) is 2.14. The first-order chi connectivity index (χ1) is 7.47. The summed E-state index contributed by atoms with van der Waals surface area (Å²) >= 11 is 0. The highest BCUT2D eigenvalue weighted by Crippen LogP contribution is 2.26. The molecule has 6 heteroatoms. The van der Waals surface area contributed by atoms with Crippen molar-refractivity contribution in [1.29, 1.82) is 0 Å². The van der Waals surface area contributed by atoms with E-state index in [1.54, 1.807) is 8.99 Å². The molecule has 0 spiro atoms. The average molecular weight is 243 g/mol. The van der Waals surface area contributed by atoms with Crippen LogP contribution in [0.1, 0.15) is 24.5 Å². The van der Waals surface area contributed by atoms with Crippen LogP contribution in [0.15, 0.2) is 12.3 Å². The summed E-state index contributed by atoms with van der Waals surface area (Å²) in [6.45, 7) is 1.21. The number of hydrogen-bond donors (Lipinski definition) is 0. The maximum Gasteiger partial charge on any atom is 0.211 e. The molecule has 1 aromatic heterocycles. The minimum absolute atomic E-state index is 0.240. The summed E-state index contributed by atoms with van der Waals surface area (Å²) in [6.07, 6.45) is 5.10. The van der Waals surface area contributed by atoms with Gasteiger partial charge in [0.15, 0.2) is 0 Å². The Bertz CT molecular complexity index is 466. The Labute approximate surface area is 96.1 Å². The van der Waals surface area contributed by atoms with Crippen molar-refractivity contribution in [3.8, 4) is 0 Å². The average Bonchev–Trinajstić information content (AvgIpc) is 2.64. The molecule has 2 rings (SSSR count). The molecule has 1 aromatic rings. The van der Waals surface area contributed by atoms with Crippen LogP contribution in [0.3, 0.4) is 0 Å². The molecule has 1 unspecified atom stereocenters. The number of sulfonamides is 1. The molecule has 1 aliphatic heterocycles. The summed E-state index contributed by atoms with van der Waals surface area (Å²) in [5.74, 6) is 0.240. The lowest BCUT2D eigenvalue weighted by Gasteiger charge is -2.29. The van der Waals surface area contributed by atoms with Crippen LogP contribution in [0, 0.1) is 0 Å². The Hall–Kier alpha value is -0.880. The van der Waals surface area contributed by atoms with E-state index < -0.39 is 10.0 Å². The number of aryl methyl sites for hydroxylation is 1. The van der Waals surface area contributed by atoms with Crippen LogP contribution in [0.4, 0.5) is 0 Å². The van der Waals surface area contributed by atoms with E-state index in [1.807, 2.05) is 19.3 Å². The first-order valence-electron chi connectivity index (χ1n) is 5.41. The van der Waals surface area contributed by atoms with E-state index in [2.05, 4.69) is 5.10 Å². The maximum absolute atomic E-state index is 11.5. The van der Waals surface area contributed by atoms with E-state index in [4.69, 9.17) is 0 Å². The molecule has 5 nitrogen and oxygen atoms in total. The SMILES string of the molecule is Cn1ccc(C2CCCN(S(C)(=O)=O)C2)n1. The van der Waals surface area contributed by atoms with Crippen molar-refractivity contribution in [2.75, 3.05) is 19.3 Å². The first-order valence-corrected chi connectivity index (χ1v) is 7.26. The molecule has 1 atom stereocenters. The molecule has 0 saturated carbocycles. The van der Waals surface area contributed by atoms with Gasteiger partial charge >= 0.3 is 0 Å². The first kappa shape index (κ1) is 11.6. The third kappa shape index (κ3) is 2.44. The standard InChI is InChI=1S/C10H17N3O2S/c1-12-7-5-10(11-12)9-4-3-6-13(8-9)16(2,14)15/h5,7,9H,3-4,6,8H2,1-2H3.